The van der Waals surface area contributed by atoms with Crippen molar-refractivity contribution >= 4 is 68.8 Å². The molecule has 1 aliphatic heterocycles. The predicted octanol–water partition coefficient (Wildman–Crippen LogP) is 4.21. The highest BCUT2D eigenvalue weighted by Gasteiger charge is 2.51. The van der Waals surface area contributed by atoms with Gasteiger partial charge in [0.25, 0.3) is 0 Å². The lowest BCUT2D eigenvalue weighted by atomic mass is 10.1. The zero-order chi connectivity index (χ0) is 23.0. The van der Waals surface area contributed by atoms with Crippen LogP contribution in [0.2, 0.25) is 0 Å². The molecule has 5 rings (SSSR count). The van der Waals surface area contributed by atoms with Crippen LogP contribution in [-0.2, 0) is 0 Å². The number of rotatable bonds is 4. The maximum absolute atomic E-state index is 9.81. The molecule has 3 nitrogen and oxygen atoms in total. The zero-order valence-corrected chi connectivity index (χ0v) is 20.9. The molecule has 3 heterocycles. The molecule has 0 radical (unpaired) electrons. The Morgan fingerprint density at radius 1 is 0.758 bits per heavy atom. The molecular weight excluding hydrogens is 479 g/mol. The molecule has 0 spiro atoms. The summed E-state index contributed by atoms with van der Waals surface area (Å²) >= 11 is 5.06. The number of benzene rings is 2. The van der Waals surface area contributed by atoms with Gasteiger partial charge in [-0.1, -0.05) is 60.7 Å². The van der Waals surface area contributed by atoms with Crippen molar-refractivity contribution in [3.8, 4) is 28.0 Å². The van der Waals surface area contributed by atoms with E-state index in [1.807, 2.05) is 24.3 Å². The summed E-state index contributed by atoms with van der Waals surface area (Å²) in [7, 11) is -2.60. The quantitative estimate of drug-likeness (QED) is 0.214. The lowest BCUT2D eigenvalue weighted by Crippen LogP contribution is -2.72. The van der Waals surface area contributed by atoms with Gasteiger partial charge in [0.15, 0.2) is 8.07 Å². The largest absolute Gasteiger partial charge is 0.192 e. The fraction of sp³-hybridized carbons (Fsp3) is 0.0385. The summed E-state index contributed by atoms with van der Waals surface area (Å²) in [5, 5.41) is 33.8. The van der Waals surface area contributed by atoms with Crippen LogP contribution in [-0.4, -0.2) is 14.3 Å². The van der Waals surface area contributed by atoms with Crippen LogP contribution >= 0.6 is 34.4 Å². The summed E-state index contributed by atoms with van der Waals surface area (Å²) in [5.41, 5.74) is 0.0203. The topological polar surface area (TPSA) is 71.4 Å². The monoisotopic (exact) mass is 493 g/mol. The van der Waals surface area contributed by atoms with Gasteiger partial charge in [0.2, 0.25) is 0 Å². The van der Waals surface area contributed by atoms with Crippen molar-refractivity contribution in [1.29, 1.82) is 15.8 Å². The first-order valence-electron chi connectivity index (χ1n) is 10.1. The van der Waals surface area contributed by atoms with Crippen LogP contribution < -0.4 is 20.7 Å². The molecule has 0 aliphatic carbocycles. The highest BCUT2D eigenvalue weighted by Crippen LogP contribution is 2.43. The maximum atomic E-state index is 9.81. The van der Waals surface area contributed by atoms with Crippen LogP contribution in [0, 0.1) is 34.0 Å². The Kier molecular flexibility index (Phi) is 5.54. The van der Waals surface area contributed by atoms with E-state index in [9.17, 15) is 15.8 Å². The lowest BCUT2D eigenvalue weighted by molar-refractivity contribution is 1.46. The fourth-order valence-corrected chi connectivity index (χ4v) is 14.0. The number of hydrogen-bond acceptors (Lipinski definition) is 6. The van der Waals surface area contributed by atoms with Gasteiger partial charge in [-0.15, -0.1) is 34.4 Å². The molecule has 0 saturated carbocycles. The maximum Gasteiger partial charge on any atom is 0.182 e. The first kappa shape index (κ1) is 21.5. The highest BCUT2D eigenvalue weighted by atomic mass is 32.2. The van der Waals surface area contributed by atoms with E-state index in [1.54, 1.807) is 23.1 Å². The van der Waals surface area contributed by atoms with Crippen molar-refractivity contribution in [2.45, 2.75) is 4.21 Å². The predicted molar refractivity (Wildman–Crippen MR) is 140 cm³/mol. The summed E-state index contributed by atoms with van der Waals surface area (Å²) in [6.07, 6.45) is 2.10. The van der Waals surface area contributed by atoms with Gasteiger partial charge in [-0.3, -0.25) is 0 Å². The smallest absolute Gasteiger partial charge is 0.182 e. The number of fused-ring (bicyclic) bond motifs is 3. The normalized spacial score (nSPS) is 12.7. The molecule has 4 aromatic rings. The standard InChI is InChI=1S/C26H15N3S3Si/c1-30-24-13-23-26(32-24)25-22(12-21(31-25)20(16-29)17(14-27)15-28)33(23,18-8-4-2-5-9-18)19-10-6-3-7-11-19/h2-13H,1H3. The second kappa shape index (κ2) is 8.52. The average molecular weight is 494 g/mol. The Labute approximate surface area is 205 Å². The third-order valence-electron chi connectivity index (χ3n) is 5.90. The molecule has 7 heteroatoms. The number of allylic oxidation sites excluding steroid dienone is 2. The molecular formula is C26H15N3S3Si. The molecule has 0 atom stereocenters. The van der Waals surface area contributed by atoms with E-state index in [0.717, 1.165) is 4.88 Å². The van der Waals surface area contributed by atoms with E-state index < -0.39 is 8.07 Å². The Balaban J connectivity index is 1.92. The first-order chi connectivity index (χ1) is 16.2. The SMILES string of the molecule is CSc1cc2c(s1)-c1sc(C(C#N)=C(C#N)C#N)cc1[Si]2(c1ccccc1)c1ccccc1. The first-order valence-corrected chi connectivity index (χ1v) is 14.9. The van der Waals surface area contributed by atoms with E-state index in [-0.39, 0.29) is 11.1 Å². The molecule has 156 valence electrons. The zero-order valence-electron chi connectivity index (χ0n) is 17.5. The van der Waals surface area contributed by atoms with Crippen LogP contribution in [0.5, 0.6) is 0 Å². The van der Waals surface area contributed by atoms with Crippen molar-refractivity contribution in [3.63, 3.8) is 0 Å². The van der Waals surface area contributed by atoms with Gasteiger partial charge in [-0.05, 0) is 39.1 Å². The van der Waals surface area contributed by atoms with Crippen molar-refractivity contribution in [2.24, 2.45) is 0 Å². The summed E-state index contributed by atoms with van der Waals surface area (Å²) < 4.78 is 1.26. The van der Waals surface area contributed by atoms with Crippen LogP contribution in [0.1, 0.15) is 4.88 Å². The third-order valence-corrected chi connectivity index (χ3v) is 14.6. The molecule has 0 amide bonds. The van der Waals surface area contributed by atoms with E-state index in [2.05, 4.69) is 73.0 Å². The van der Waals surface area contributed by atoms with Gasteiger partial charge >= 0.3 is 0 Å². The molecule has 0 saturated heterocycles. The van der Waals surface area contributed by atoms with Gasteiger partial charge in [-0.2, -0.15) is 15.8 Å². The van der Waals surface area contributed by atoms with E-state index >= 15 is 0 Å². The fourth-order valence-electron chi connectivity index (χ4n) is 4.56. The van der Waals surface area contributed by atoms with Crippen LogP contribution in [0.4, 0.5) is 0 Å². The third kappa shape index (κ3) is 3.12. The van der Waals surface area contributed by atoms with Crippen molar-refractivity contribution in [3.05, 3.63) is 83.2 Å². The summed E-state index contributed by atoms with van der Waals surface area (Å²) in [6.45, 7) is 0. The van der Waals surface area contributed by atoms with Crippen LogP contribution in [0.25, 0.3) is 15.3 Å². The van der Waals surface area contributed by atoms with Gasteiger partial charge in [-0.25, -0.2) is 0 Å². The van der Waals surface area contributed by atoms with Crippen molar-refractivity contribution in [1.82, 2.24) is 0 Å². The number of nitrogens with zero attached hydrogens (tertiary/aromatic N) is 3. The van der Waals surface area contributed by atoms with Gasteiger partial charge in [0.05, 0.1) is 9.78 Å². The molecule has 33 heavy (non-hydrogen) atoms. The second-order valence-electron chi connectivity index (χ2n) is 7.43. The second-order valence-corrected chi connectivity index (χ2v) is 14.4. The van der Waals surface area contributed by atoms with Crippen molar-refractivity contribution < 1.29 is 0 Å². The van der Waals surface area contributed by atoms with Gasteiger partial charge in [0.1, 0.15) is 23.8 Å². The number of thiophene rings is 2. The Morgan fingerprint density at radius 3 is 1.82 bits per heavy atom. The molecule has 0 bridgehead atoms. The van der Waals surface area contributed by atoms with E-state index in [1.165, 1.54) is 41.2 Å². The van der Waals surface area contributed by atoms with Gasteiger partial charge in [0, 0.05) is 14.6 Å². The summed E-state index contributed by atoms with van der Waals surface area (Å²) in [4.78, 5) is 3.10. The van der Waals surface area contributed by atoms with Crippen LogP contribution in [0.3, 0.4) is 0 Å². The summed E-state index contributed by atoms with van der Waals surface area (Å²) in [5.74, 6) is 0. The molecule has 0 unspecified atom stereocenters. The minimum absolute atomic E-state index is 0.139. The molecule has 0 fully saturated rings. The Morgan fingerprint density at radius 2 is 1.30 bits per heavy atom. The summed E-state index contributed by atoms with van der Waals surface area (Å²) in [6, 6.07) is 31.6. The van der Waals surface area contributed by atoms with E-state index in [4.69, 9.17) is 0 Å². The molecule has 1 aliphatic rings. The lowest BCUT2D eigenvalue weighted by Gasteiger charge is -2.30. The molecule has 2 aromatic carbocycles. The molecule has 0 N–H and O–H groups in total. The number of thioether (sulfide) groups is 1. The average Bonchev–Trinajstić information content (AvgIpc) is 3.54. The highest BCUT2D eigenvalue weighted by molar-refractivity contribution is 8.00. The van der Waals surface area contributed by atoms with Crippen molar-refractivity contribution in [2.75, 3.05) is 6.26 Å². The minimum Gasteiger partial charge on any atom is -0.192 e. The van der Waals surface area contributed by atoms with Gasteiger partial charge < -0.3 is 0 Å². The number of nitriles is 3. The van der Waals surface area contributed by atoms with Crippen LogP contribution in [0.15, 0.2) is 82.6 Å². The Bertz CT molecular complexity index is 1470. The minimum atomic E-state index is -2.60. The Hall–Kier alpha value is -3.38. The van der Waals surface area contributed by atoms with E-state index in [0.29, 0.717) is 4.88 Å². The molecule has 2 aromatic heterocycles. The number of hydrogen-bond donors (Lipinski definition) is 0.